The van der Waals surface area contributed by atoms with Gasteiger partial charge in [0, 0.05) is 6.04 Å². The third-order valence-electron chi connectivity index (χ3n) is 3.03. The zero-order chi connectivity index (χ0) is 16.0. The Labute approximate surface area is 123 Å². The summed E-state index contributed by atoms with van der Waals surface area (Å²) in [5, 5.41) is 14.1. The fourth-order valence-corrected chi connectivity index (χ4v) is 1.88. The molecule has 2 amide bonds. The summed E-state index contributed by atoms with van der Waals surface area (Å²) >= 11 is 0. The lowest BCUT2D eigenvalue weighted by atomic mass is 10.0. The van der Waals surface area contributed by atoms with Gasteiger partial charge in [0.05, 0.1) is 5.69 Å². The molecule has 0 bridgehead atoms. The number of aromatic carboxylic acids is 1. The molecule has 0 aromatic heterocycles. The van der Waals surface area contributed by atoms with Crippen LogP contribution in [0.5, 0.6) is 0 Å². The third kappa shape index (κ3) is 5.41. The van der Waals surface area contributed by atoms with E-state index >= 15 is 0 Å². The van der Waals surface area contributed by atoms with Crippen molar-refractivity contribution in [1.29, 1.82) is 0 Å². The molecule has 3 N–H and O–H groups in total. The SMILES string of the molecule is CC(C)CCC(C)NC(=O)Nc1cccc(F)c1C(=O)O. The number of rotatable bonds is 6. The Morgan fingerprint density at radius 2 is 1.90 bits per heavy atom. The minimum atomic E-state index is -1.42. The summed E-state index contributed by atoms with van der Waals surface area (Å²) in [6.45, 7) is 6.06. The quantitative estimate of drug-likeness (QED) is 0.752. The minimum Gasteiger partial charge on any atom is -0.478 e. The van der Waals surface area contributed by atoms with Crippen LogP contribution in [-0.2, 0) is 0 Å². The summed E-state index contributed by atoms with van der Waals surface area (Å²) in [5.41, 5.74) is -0.599. The van der Waals surface area contributed by atoms with Crippen molar-refractivity contribution < 1.29 is 19.1 Å². The predicted molar refractivity (Wildman–Crippen MR) is 79.0 cm³/mol. The van der Waals surface area contributed by atoms with Gasteiger partial charge in [-0.3, -0.25) is 0 Å². The van der Waals surface area contributed by atoms with Crippen LogP contribution in [0.1, 0.15) is 44.0 Å². The van der Waals surface area contributed by atoms with Crippen LogP contribution < -0.4 is 10.6 Å². The first-order valence-electron chi connectivity index (χ1n) is 6.90. The Morgan fingerprint density at radius 1 is 1.24 bits per heavy atom. The molecule has 0 spiro atoms. The van der Waals surface area contributed by atoms with Crippen molar-refractivity contribution in [2.45, 2.75) is 39.7 Å². The molecule has 1 unspecified atom stereocenters. The molecule has 0 aliphatic carbocycles. The van der Waals surface area contributed by atoms with E-state index in [1.807, 2.05) is 6.92 Å². The summed E-state index contributed by atoms with van der Waals surface area (Å²) in [4.78, 5) is 22.8. The highest BCUT2D eigenvalue weighted by atomic mass is 19.1. The number of anilines is 1. The first-order valence-corrected chi connectivity index (χ1v) is 6.90. The van der Waals surface area contributed by atoms with Crippen LogP contribution >= 0.6 is 0 Å². The Balaban J connectivity index is 2.67. The van der Waals surface area contributed by atoms with Crippen molar-refractivity contribution in [3.8, 4) is 0 Å². The molecule has 116 valence electrons. The van der Waals surface area contributed by atoms with E-state index in [2.05, 4.69) is 24.5 Å². The molecule has 0 fully saturated rings. The summed E-state index contributed by atoms with van der Waals surface area (Å²) in [6.07, 6.45) is 1.79. The number of carbonyl (C=O) groups is 2. The highest BCUT2D eigenvalue weighted by Gasteiger charge is 2.17. The normalized spacial score (nSPS) is 12.0. The smallest absolute Gasteiger partial charge is 0.340 e. The molecule has 0 heterocycles. The standard InChI is InChI=1S/C15H21FN2O3/c1-9(2)7-8-10(3)17-15(21)18-12-6-4-5-11(16)13(12)14(19)20/h4-6,9-10H,7-8H2,1-3H3,(H,19,20)(H2,17,18,21). The van der Waals surface area contributed by atoms with Crippen molar-refractivity contribution >= 4 is 17.7 Å². The van der Waals surface area contributed by atoms with Crippen molar-refractivity contribution in [3.63, 3.8) is 0 Å². The lowest BCUT2D eigenvalue weighted by molar-refractivity contribution is 0.0693. The number of halogens is 1. The molecule has 1 rings (SSSR count). The Hall–Kier alpha value is -2.11. The average Bonchev–Trinajstić information content (AvgIpc) is 2.35. The summed E-state index contributed by atoms with van der Waals surface area (Å²) in [7, 11) is 0. The molecule has 1 aromatic rings. The first-order chi connectivity index (χ1) is 9.81. The van der Waals surface area contributed by atoms with E-state index in [1.54, 1.807) is 0 Å². The first kappa shape index (κ1) is 16.9. The molecular formula is C15H21FN2O3. The number of urea groups is 1. The van der Waals surface area contributed by atoms with Gasteiger partial charge in [-0.1, -0.05) is 19.9 Å². The van der Waals surface area contributed by atoms with E-state index in [-0.39, 0.29) is 11.7 Å². The van der Waals surface area contributed by atoms with Gasteiger partial charge in [-0.05, 0) is 37.8 Å². The Bertz CT molecular complexity index is 518. The van der Waals surface area contributed by atoms with E-state index < -0.39 is 23.4 Å². The largest absolute Gasteiger partial charge is 0.478 e. The average molecular weight is 296 g/mol. The van der Waals surface area contributed by atoms with E-state index in [9.17, 15) is 14.0 Å². The van der Waals surface area contributed by atoms with Crippen molar-refractivity contribution in [1.82, 2.24) is 5.32 Å². The number of benzene rings is 1. The molecule has 0 aliphatic rings. The molecule has 1 aromatic carbocycles. The predicted octanol–water partition coefficient (Wildman–Crippen LogP) is 3.47. The van der Waals surface area contributed by atoms with Crippen LogP contribution in [0.15, 0.2) is 18.2 Å². The molecule has 0 saturated heterocycles. The third-order valence-corrected chi connectivity index (χ3v) is 3.03. The molecule has 5 nitrogen and oxygen atoms in total. The van der Waals surface area contributed by atoms with E-state index in [1.165, 1.54) is 12.1 Å². The highest BCUT2D eigenvalue weighted by molar-refractivity contribution is 6.00. The molecule has 0 saturated carbocycles. The Kier molecular flexibility index (Phi) is 6.14. The molecule has 0 aliphatic heterocycles. The van der Waals surface area contributed by atoms with Crippen LogP contribution in [0.4, 0.5) is 14.9 Å². The fourth-order valence-electron chi connectivity index (χ4n) is 1.88. The van der Waals surface area contributed by atoms with Gasteiger partial charge in [-0.25, -0.2) is 14.0 Å². The fraction of sp³-hybridized carbons (Fsp3) is 0.467. The second kappa shape index (κ2) is 7.61. The number of nitrogens with one attached hydrogen (secondary N) is 2. The maximum absolute atomic E-state index is 13.5. The lowest BCUT2D eigenvalue weighted by Gasteiger charge is -2.16. The van der Waals surface area contributed by atoms with Gasteiger partial charge in [-0.2, -0.15) is 0 Å². The van der Waals surface area contributed by atoms with Crippen LogP contribution in [0.3, 0.4) is 0 Å². The molecule has 1 atom stereocenters. The number of carboxylic acids is 1. The van der Waals surface area contributed by atoms with Gasteiger partial charge in [0.25, 0.3) is 0 Å². The van der Waals surface area contributed by atoms with E-state index in [0.717, 1.165) is 18.9 Å². The number of amides is 2. The van der Waals surface area contributed by atoms with Crippen molar-refractivity contribution in [3.05, 3.63) is 29.6 Å². The van der Waals surface area contributed by atoms with Crippen LogP contribution in [0, 0.1) is 11.7 Å². The van der Waals surface area contributed by atoms with Gasteiger partial charge in [0.15, 0.2) is 0 Å². The monoisotopic (exact) mass is 296 g/mol. The minimum absolute atomic E-state index is 0.0470. The number of hydrogen-bond acceptors (Lipinski definition) is 2. The van der Waals surface area contributed by atoms with Gasteiger partial charge in [0.2, 0.25) is 0 Å². The maximum atomic E-state index is 13.5. The zero-order valence-corrected chi connectivity index (χ0v) is 12.4. The zero-order valence-electron chi connectivity index (χ0n) is 12.4. The van der Waals surface area contributed by atoms with Gasteiger partial charge < -0.3 is 15.7 Å². The van der Waals surface area contributed by atoms with Gasteiger partial charge >= 0.3 is 12.0 Å². The van der Waals surface area contributed by atoms with Crippen LogP contribution in [0.25, 0.3) is 0 Å². The number of hydrogen-bond donors (Lipinski definition) is 3. The topological polar surface area (TPSA) is 78.4 Å². The van der Waals surface area contributed by atoms with Crippen LogP contribution in [-0.4, -0.2) is 23.1 Å². The van der Waals surface area contributed by atoms with Crippen LogP contribution in [0.2, 0.25) is 0 Å². The van der Waals surface area contributed by atoms with Gasteiger partial charge in [0.1, 0.15) is 11.4 Å². The summed E-state index contributed by atoms with van der Waals surface area (Å²) in [5.74, 6) is -1.76. The molecule has 0 radical (unpaired) electrons. The van der Waals surface area contributed by atoms with Crippen molar-refractivity contribution in [2.24, 2.45) is 5.92 Å². The van der Waals surface area contributed by atoms with Gasteiger partial charge in [-0.15, -0.1) is 0 Å². The second-order valence-corrected chi connectivity index (χ2v) is 5.44. The highest BCUT2D eigenvalue weighted by Crippen LogP contribution is 2.19. The maximum Gasteiger partial charge on any atom is 0.340 e. The summed E-state index contributed by atoms with van der Waals surface area (Å²) < 4.78 is 13.5. The van der Waals surface area contributed by atoms with Crippen molar-refractivity contribution in [2.75, 3.05) is 5.32 Å². The molecule has 21 heavy (non-hydrogen) atoms. The molecular weight excluding hydrogens is 275 g/mol. The number of carbonyl (C=O) groups excluding carboxylic acids is 1. The number of carboxylic acid groups (broad SMARTS) is 1. The van der Waals surface area contributed by atoms with E-state index in [4.69, 9.17) is 5.11 Å². The van der Waals surface area contributed by atoms with E-state index in [0.29, 0.717) is 5.92 Å². The Morgan fingerprint density at radius 3 is 2.48 bits per heavy atom. The lowest BCUT2D eigenvalue weighted by Crippen LogP contribution is -2.36. The summed E-state index contributed by atoms with van der Waals surface area (Å²) in [6, 6.07) is 3.15. The molecule has 6 heteroatoms. The second-order valence-electron chi connectivity index (χ2n) is 5.44.